The van der Waals surface area contributed by atoms with Gasteiger partial charge in [0.1, 0.15) is 5.75 Å². The second kappa shape index (κ2) is 3.83. The monoisotopic (exact) mass is 196 g/mol. The minimum absolute atomic E-state index is 0.214. The van der Waals surface area contributed by atoms with Crippen molar-refractivity contribution in [2.24, 2.45) is 0 Å². The van der Waals surface area contributed by atoms with Gasteiger partial charge >= 0.3 is 0 Å². The highest BCUT2D eigenvalue weighted by molar-refractivity contribution is 7.97. The summed E-state index contributed by atoms with van der Waals surface area (Å²) in [5.74, 6) is 0.832. The summed E-state index contributed by atoms with van der Waals surface area (Å²) in [6, 6.07) is 3.56. The molecule has 0 radical (unpaired) electrons. The number of thiol groups is 1. The fraction of sp³-hybridized carbons (Fsp3) is 0.300. The van der Waals surface area contributed by atoms with Crippen molar-refractivity contribution in [1.29, 1.82) is 0 Å². The zero-order valence-corrected chi connectivity index (χ0v) is 8.81. The predicted molar refractivity (Wildman–Crippen MR) is 55.8 cm³/mol. The first kappa shape index (κ1) is 10.1. The second-order valence-corrected chi connectivity index (χ2v) is 3.35. The Morgan fingerprint density at radius 2 is 1.77 bits per heavy atom. The Hall–Kier alpha value is -0.960. The average molecular weight is 196 g/mol. The molecule has 0 N–H and O–H groups in total. The Kier molecular flexibility index (Phi) is 2.98. The van der Waals surface area contributed by atoms with Gasteiger partial charge in [-0.1, -0.05) is 0 Å². The van der Waals surface area contributed by atoms with E-state index in [4.69, 9.17) is 4.74 Å². The molecular weight excluding hydrogens is 184 g/mol. The van der Waals surface area contributed by atoms with Gasteiger partial charge in [0.15, 0.2) is 0 Å². The largest absolute Gasteiger partial charge is 0.496 e. The van der Waals surface area contributed by atoms with Gasteiger partial charge in [0.2, 0.25) is 5.12 Å². The lowest BCUT2D eigenvalue weighted by Crippen LogP contribution is -1.96. The van der Waals surface area contributed by atoms with Crippen LogP contribution in [0.2, 0.25) is 0 Å². The molecule has 0 aliphatic rings. The number of aryl methyl sites for hydroxylation is 2. The number of hydrogen-bond donors (Lipinski definition) is 1. The molecule has 1 aromatic carbocycles. The Bertz CT molecular complexity index is 322. The molecule has 0 saturated carbocycles. The minimum atomic E-state index is -0.214. The molecule has 0 aliphatic heterocycles. The van der Waals surface area contributed by atoms with Gasteiger partial charge in [0, 0.05) is 5.56 Å². The Morgan fingerprint density at radius 1 is 1.31 bits per heavy atom. The van der Waals surface area contributed by atoms with Crippen molar-refractivity contribution in [3.05, 3.63) is 28.8 Å². The first-order valence-electron chi connectivity index (χ1n) is 3.94. The molecule has 0 saturated heterocycles. The number of benzene rings is 1. The third-order valence-corrected chi connectivity index (χ3v) is 2.17. The lowest BCUT2D eigenvalue weighted by Gasteiger charge is -2.09. The highest BCUT2D eigenvalue weighted by atomic mass is 32.1. The third-order valence-electron chi connectivity index (χ3n) is 1.91. The molecule has 0 amide bonds. The molecule has 1 aromatic rings. The number of carbonyl (C=O) groups is 1. The van der Waals surface area contributed by atoms with Crippen LogP contribution in [-0.2, 0) is 0 Å². The maximum Gasteiger partial charge on any atom is 0.216 e. The fourth-order valence-corrected chi connectivity index (χ4v) is 1.52. The number of hydrogen-bond acceptors (Lipinski definition) is 2. The standard InChI is InChI=1S/C10H12O2S/c1-6-4-8(10(11)13)5-7(2)9(6)12-3/h4-5H,1-3H3,(H,11,13). The Balaban J connectivity index is 3.28. The van der Waals surface area contributed by atoms with Crippen LogP contribution in [0.4, 0.5) is 0 Å². The van der Waals surface area contributed by atoms with Crippen molar-refractivity contribution in [2.45, 2.75) is 13.8 Å². The van der Waals surface area contributed by atoms with Crippen molar-refractivity contribution < 1.29 is 9.53 Å². The molecule has 0 atom stereocenters. The van der Waals surface area contributed by atoms with Crippen LogP contribution in [0, 0.1) is 13.8 Å². The fourth-order valence-electron chi connectivity index (χ4n) is 1.40. The molecule has 0 bridgehead atoms. The van der Waals surface area contributed by atoms with Gasteiger partial charge in [0.25, 0.3) is 0 Å². The van der Waals surface area contributed by atoms with Gasteiger partial charge in [-0.25, -0.2) is 0 Å². The summed E-state index contributed by atoms with van der Waals surface area (Å²) in [7, 11) is 1.62. The first-order chi connectivity index (χ1) is 6.06. The zero-order valence-electron chi connectivity index (χ0n) is 7.92. The first-order valence-corrected chi connectivity index (χ1v) is 4.39. The van der Waals surface area contributed by atoms with Crippen LogP contribution in [0.3, 0.4) is 0 Å². The second-order valence-electron chi connectivity index (χ2n) is 2.95. The maximum absolute atomic E-state index is 11.0. The van der Waals surface area contributed by atoms with Gasteiger partial charge in [-0.05, 0) is 37.1 Å². The summed E-state index contributed by atoms with van der Waals surface area (Å²) >= 11 is 3.77. The Labute approximate surface area is 83.3 Å². The van der Waals surface area contributed by atoms with Crippen molar-refractivity contribution in [1.82, 2.24) is 0 Å². The number of ether oxygens (including phenoxy) is 1. The zero-order chi connectivity index (χ0) is 10.0. The smallest absolute Gasteiger partial charge is 0.216 e. The molecule has 0 heterocycles. The van der Waals surface area contributed by atoms with Gasteiger partial charge < -0.3 is 4.74 Å². The summed E-state index contributed by atoms with van der Waals surface area (Å²) in [6.45, 7) is 3.82. The normalized spacial score (nSPS) is 9.85. The molecule has 1 rings (SSSR count). The van der Waals surface area contributed by atoms with Gasteiger partial charge in [-0.3, -0.25) is 4.79 Å². The van der Waals surface area contributed by atoms with Crippen LogP contribution in [0.5, 0.6) is 5.75 Å². The highest BCUT2D eigenvalue weighted by Gasteiger charge is 2.07. The van der Waals surface area contributed by atoms with Crippen molar-refractivity contribution in [2.75, 3.05) is 7.11 Å². The molecule has 3 heteroatoms. The van der Waals surface area contributed by atoms with Gasteiger partial charge in [-0.2, -0.15) is 0 Å². The molecule has 2 nitrogen and oxygen atoms in total. The van der Waals surface area contributed by atoms with Crippen molar-refractivity contribution >= 4 is 17.7 Å². The summed E-state index contributed by atoms with van der Waals surface area (Å²) in [6.07, 6.45) is 0. The molecule has 0 spiro atoms. The van der Waals surface area contributed by atoms with Gasteiger partial charge in [-0.15, -0.1) is 12.6 Å². The topological polar surface area (TPSA) is 26.3 Å². The average Bonchev–Trinajstić information content (AvgIpc) is 2.03. The van der Waals surface area contributed by atoms with Crippen molar-refractivity contribution in [3.63, 3.8) is 0 Å². The molecule has 0 unspecified atom stereocenters. The van der Waals surface area contributed by atoms with Crippen LogP contribution in [0.25, 0.3) is 0 Å². The Morgan fingerprint density at radius 3 is 2.08 bits per heavy atom. The molecule has 13 heavy (non-hydrogen) atoms. The minimum Gasteiger partial charge on any atom is -0.496 e. The van der Waals surface area contributed by atoms with E-state index in [1.807, 2.05) is 13.8 Å². The van der Waals surface area contributed by atoms with E-state index in [1.54, 1.807) is 19.2 Å². The van der Waals surface area contributed by atoms with E-state index < -0.39 is 0 Å². The van der Waals surface area contributed by atoms with Crippen LogP contribution >= 0.6 is 12.6 Å². The van der Waals surface area contributed by atoms with Crippen LogP contribution < -0.4 is 4.74 Å². The van der Waals surface area contributed by atoms with E-state index in [9.17, 15) is 4.79 Å². The van der Waals surface area contributed by atoms with E-state index in [-0.39, 0.29) is 5.12 Å². The maximum atomic E-state index is 11.0. The third kappa shape index (κ3) is 2.04. The van der Waals surface area contributed by atoms with Gasteiger partial charge in [0.05, 0.1) is 7.11 Å². The highest BCUT2D eigenvalue weighted by Crippen LogP contribution is 2.24. The lowest BCUT2D eigenvalue weighted by atomic mass is 10.1. The molecule has 0 aliphatic carbocycles. The number of rotatable bonds is 2. The SMILES string of the molecule is COc1c(C)cc(C(=O)S)cc1C. The number of carbonyl (C=O) groups excluding carboxylic acids is 1. The quantitative estimate of drug-likeness (QED) is 0.735. The molecule has 70 valence electrons. The summed E-state index contributed by atoms with van der Waals surface area (Å²) < 4.78 is 5.17. The lowest BCUT2D eigenvalue weighted by molar-refractivity contribution is 0.109. The van der Waals surface area contributed by atoms with E-state index in [2.05, 4.69) is 12.6 Å². The van der Waals surface area contributed by atoms with E-state index in [0.29, 0.717) is 5.56 Å². The van der Waals surface area contributed by atoms with E-state index in [1.165, 1.54) is 0 Å². The van der Waals surface area contributed by atoms with E-state index >= 15 is 0 Å². The number of methoxy groups -OCH3 is 1. The molecular formula is C10H12O2S. The predicted octanol–water partition coefficient (Wildman–Crippen LogP) is 2.38. The van der Waals surface area contributed by atoms with Crippen LogP contribution in [-0.4, -0.2) is 12.2 Å². The summed E-state index contributed by atoms with van der Waals surface area (Å²) in [4.78, 5) is 11.0. The summed E-state index contributed by atoms with van der Waals surface area (Å²) in [5.41, 5.74) is 2.53. The molecule has 0 fully saturated rings. The van der Waals surface area contributed by atoms with E-state index in [0.717, 1.165) is 16.9 Å². The van der Waals surface area contributed by atoms with Crippen molar-refractivity contribution in [3.8, 4) is 5.75 Å². The van der Waals surface area contributed by atoms with Crippen LogP contribution in [0.15, 0.2) is 12.1 Å². The molecule has 0 aromatic heterocycles. The summed E-state index contributed by atoms with van der Waals surface area (Å²) in [5, 5.41) is -0.214. The van der Waals surface area contributed by atoms with Crippen LogP contribution in [0.1, 0.15) is 21.5 Å².